The summed E-state index contributed by atoms with van der Waals surface area (Å²) in [7, 11) is -3.03. The van der Waals surface area contributed by atoms with Crippen LogP contribution in [-0.4, -0.2) is 43.9 Å². The number of hydrogen-bond acceptors (Lipinski definition) is 4. The van der Waals surface area contributed by atoms with E-state index < -0.39 is 9.84 Å². The molecule has 3 rings (SSSR count). The van der Waals surface area contributed by atoms with Gasteiger partial charge in [0, 0.05) is 18.0 Å². The summed E-state index contributed by atoms with van der Waals surface area (Å²) >= 11 is 1.75. The second-order valence-corrected chi connectivity index (χ2v) is 9.59. The maximum absolute atomic E-state index is 12.5. The third-order valence-corrected chi connectivity index (χ3v) is 7.26. The van der Waals surface area contributed by atoms with Crippen LogP contribution in [-0.2, 0) is 16.3 Å². The zero-order valence-corrected chi connectivity index (χ0v) is 14.4. The third kappa shape index (κ3) is 3.46. The smallest absolute Gasteiger partial charge is 0.317 e. The summed E-state index contributed by atoms with van der Waals surface area (Å²) in [5, 5.41) is 5.18. The summed E-state index contributed by atoms with van der Waals surface area (Å²) < 4.78 is 23.6. The Labute approximate surface area is 135 Å². The number of sulfone groups is 1. The number of carbonyl (C=O) groups excluding carboxylic acids is 1. The number of nitrogens with zero attached hydrogens (tertiary/aromatic N) is 1. The average Bonchev–Trinajstić information content (AvgIpc) is 2.86. The highest BCUT2D eigenvalue weighted by Crippen LogP contribution is 2.33. The van der Waals surface area contributed by atoms with E-state index in [1.54, 1.807) is 16.2 Å². The lowest BCUT2D eigenvalue weighted by molar-refractivity contribution is 0.190. The molecule has 1 aromatic heterocycles. The van der Waals surface area contributed by atoms with Crippen molar-refractivity contribution < 1.29 is 13.2 Å². The van der Waals surface area contributed by atoms with Crippen LogP contribution >= 0.6 is 11.3 Å². The molecule has 1 N–H and O–H groups in total. The molecular weight excluding hydrogens is 320 g/mol. The van der Waals surface area contributed by atoms with Gasteiger partial charge in [-0.25, -0.2) is 13.2 Å². The van der Waals surface area contributed by atoms with Gasteiger partial charge in [0.15, 0.2) is 9.84 Å². The number of nitrogens with one attached hydrogen (secondary N) is 1. The van der Waals surface area contributed by atoms with Crippen LogP contribution in [0.4, 0.5) is 4.79 Å². The van der Waals surface area contributed by atoms with Gasteiger partial charge in [-0.05, 0) is 42.2 Å². The van der Waals surface area contributed by atoms with E-state index in [1.165, 1.54) is 10.4 Å². The SMILES string of the molecule is C[C@@H]1CN(C(=O)N[C@@H]2CCCc3sccc32)CCS(=O)(=O)C1. The van der Waals surface area contributed by atoms with E-state index in [1.807, 2.05) is 6.92 Å². The second kappa shape index (κ2) is 6.20. The lowest BCUT2D eigenvalue weighted by atomic mass is 9.94. The maximum atomic E-state index is 12.5. The standard InChI is InChI=1S/C15H22N2O3S2/c1-11-9-17(6-8-22(19,20)10-11)15(18)16-13-3-2-4-14-12(13)5-7-21-14/h5,7,11,13H,2-4,6,8-10H2,1H3,(H,16,18)/t11-,13-/m1/s1. The third-order valence-electron chi connectivity index (χ3n) is 4.38. The molecule has 0 bridgehead atoms. The summed E-state index contributed by atoms with van der Waals surface area (Å²) in [5.41, 5.74) is 1.24. The minimum Gasteiger partial charge on any atom is -0.331 e. The number of amides is 2. The van der Waals surface area contributed by atoms with Gasteiger partial charge < -0.3 is 10.2 Å². The Bertz CT molecular complexity index is 653. The molecule has 0 aromatic carbocycles. The van der Waals surface area contributed by atoms with Crippen LogP contribution in [0, 0.1) is 5.92 Å². The number of urea groups is 1. The van der Waals surface area contributed by atoms with Crippen molar-refractivity contribution in [3.8, 4) is 0 Å². The van der Waals surface area contributed by atoms with Crippen LogP contribution in [0.1, 0.15) is 36.2 Å². The van der Waals surface area contributed by atoms with E-state index in [0.29, 0.717) is 13.1 Å². The number of thiophene rings is 1. The van der Waals surface area contributed by atoms with E-state index in [0.717, 1.165) is 19.3 Å². The first kappa shape index (κ1) is 15.8. The zero-order valence-electron chi connectivity index (χ0n) is 12.7. The van der Waals surface area contributed by atoms with Crippen molar-refractivity contribution in [2.24, 2.45) is 5.92 Å². The van der Waals surface area contributed by atoms with Gasteiger partial charge in [-0.15, -0.1) is 11.3 Å². The Morgan fingerprint density at radius 2 is 2.27 bits per heavy atom. The first-order valence-electron chi connectivity index (χ1n) is 7.77. The highest BCUT2D eigenvalue weighted by molar-refractivity contribution is 7.91. The number of rotatable bonds is 1. The Morgan fingerprint density at radius 3 is 3.09 bits per heavy atom. The number of hydrogen-bond donors (Lipinski definition) is 1. The fraction of sp³-hybridized carbons (Fsp3) is 0.667. The molecule has 1 aromatic rings. The minimum atomic E-state index is -3.03. The molecule has 2 aliphatic rings. The highest BCUT2D eigenvalue weighted by Gasteiger charge is 2.29. The minimum absolute atomic E-state index is 0.0127. The quantitative estimate of drug-likeness (QED) is 0.851. The van der Waals surface area contributed by atoms with Crippen LogP contribution in [0.3, 0.4) is 0 Å². The van der Waals surface area contributed by atoms with Crippen molar-refractivity contribution in [3.63, 3.8) is 0 Å². The molecule has 0 radical (unpaired) electrons. The van der Waals surface area contributed by atoms with E-state index >= 15 is 0 Å². The molecule has 2 heterocycles. The topological polar surface area (TPSA) is 66.5 Å². The molecule has 122 valence electrons. The monoisotopic (exact) mass is 342 g/mol. The summed E-state index contributed by atoms with van der Waals surface area (Å²) in [6.45, 7) is 2.69. The van der Waals surface area contributed by atoms with E-state index in [4.69, 9.17) is 0 Å². The van der Waals surface area contributed by atoms with Crippen LogP contribution in [0.15, 0.2) is 11.4 Å². The highest BCUT2D eigenvalue weighted by atomic mass is 32.2. The van der Waals surface area contributed by atoms with Crippen molar-refractivity contribution in [2.75, 3.05) is 24.6 Å². The van der Waals surface area contributed by atoms with Gasteiger partial charge in [0.2, 0.25) is 0 Å². The van der Waals surface area contributed by atoms with Crippen LogP contribution in [0.25, 0.3) is 0 Å². The molecular formula is C15H22N2O3S2. The van der Waals surface area contributed by atoms with E-state index in [-0.39, 0.29) is 29.5 Å². The number of fused-ring (bicyclic) bond motifs is 1. The fourth-order valence-corrected chi connectivity index (χ4v) is 5.97. The van der Waals surface area contributed by atoms with Gasteiger partial charge in [0.05, 0.1) is 17.5 Å². The molecule has 2 amide bonds. The fourth-order valence-electron chi connectivity index (χ4n) is 3.35. The van der Waals surface area contributed by atoms with Crippen LogP contribution < -0.4 is 5.32 Å². The molecule has 1 aliphatic carbocycles. The molecule has 22 heavy (non-hydrogen) atoms. The molecule has 1 aliphatic heterocycles. The van der Waals surface area contributed by atoms with Gasteiger partial charge in [0.1, 0.15) is 0 Å². The maximum Gasteiger partial charge on any atom is 0.317 e. The normalized spacial score (nSPS) is 27.8. The Kier molecular flexibility index (Phi) is 4.45. The number of carbonyl (C=O) groups is 1. The first-order chi connectivity index (χ1) is 10.4. The van der Waals surface area contributed by atoms with Gasteiger partial charge in [-0.2, -0.15) is 0 Å². The van der Waals surface area contributed by atoms with Crippen LogP contribution in [0.2, 0.25) is 0 Å². The first-order valence-corrected chi connectivity index (χ1v) is 10.5. The number of aryl methyl sites for hydroxylation is 1. The Morgan fingerprint density at radius 1 is 1.45 bits per heavy atom. The van der Waals surface area contributed by atoms with Crippen molar-refractivity contribution in [1.82, 2.24) is 10.2 Å². The van der Waals surface area contributed by atoms with Crippen molar-refractivity contribution in [3.05, 3.63) is 21.9 Å². The predicted molar refractivity (Wildman–Crippen MR) is 87.9 cm³/mol. The van der Waals surface area contributed by atoms with Gasteiger partial charge in [-0.3, -0.25) is 0 Å². The molecule has 1 saturated heterocycles. The summed E-state index contributed by atoms with van der Waals surface area (Å²) in [6, 6.07) is 2.03. The summed E-state index contributed by atoms with van der Waals surface area (Å²) in [5.74, 6) is 0.231. The van der Waals surface area contributed by atoms with E-state index in [2.05, 4.69) is 16.8 Å². The molecule has 0 saturated carbocycles. The van der Waals surface area contributed by atoms with Gasteiger partial charge in [-0.1, -0.05) is 6.92 Å². The zero-order chi connectivity index (χ0) is 15.7. The predicted octanol–water partition coefficient (Wildman–Crippen LogP) is 2.20. The molecule has 0 unspecified atom stereocenters. The average molecular weight is 342 g/mol. The largest absolute Gasteiger partial charge is 0.331 e. The van der Waals surface area contributed by atoms with Crippen molar-refractivity contribution in [1.29, 1.82) is 0 Å². The lowest BCUT2D eigenvalue weighted by Gasteiger charge is -2.28. The van der Waals surface area contributed by atoms with Gasteiger partial charge >= 0.3 is 6.03 Å². The van der Waals surface area contributed by atoms with Gasteiger partial charge in [0.25, 0.3) is 0 Å². The second-order valence-electron chi connectivity index (χ2n) is 6.36. The summed E-state index contributed by atoms with van der Waals surface area (Å²) in [4.78, 5) is 15.6. The lowest BCUT2D eigenvalue weighted by Crippen LogP contribution is -2.44. The Hall–Kier alpha value is -1.08. The molecule has 0 spiro atoms. The molecule has 5 nitrogen and oxygen atoms in total. The Balaban J connectivity index is 1.68. The van der Waals surface area contributed by atoms with E-state index in [9.17, 15) is 13.2 Å². The molecule has 2 atom stereocenters. The molecule has 7 heteroatoms. The van der Waals surface area contributed by atoms with Crippen molar-refractivity contribution in [2.45, 2.75) is 32.2 Å². The van der Waals surface area contributed by atoms with Crippen LogP contribution in [0.5, 0.6) is 0 Å². The molecule has 1 fully saturated rings. The van der Waals surface area contributed by atoms with Crippen molar-refractivity contribution >= 4 is 27.2 Å². The summed E-state index contributed by atoms with van der Waals surface area (Å²) in [6.07, 6.45) is 3.14.